The third-order valence-corrected chi connectivity index (χ3v) is 5.56. The van der Waals surface area contributed by atoms with Crippen LogP contribution in [0.2, 0.25) is 0 Å². The van der Waals surface area contributed by atoms with Crippen molar-refractivity contribution in [3.05, 3.63) is 44.7 Å². The summed E-state index contributed by atoms with van der Waals surface area (Å²) in [4.78, 5) is 25.6. The van der Waals surface area contributed by atoms with Crippen LogP contribution in [0.5, 0.6) is 11.5 Å². The number of dihydropyridines is 1. The summed E-state index contributed by atoms with van der Waals surface area (Å²) in [7, 11) is 0. The molecule has 3 rings (SSSR count). The fourth-order valence-corrected chi connectivity index (χ4v) is 4.28. The summed E-state index contributed by atoms with van der Waals surface area (Å²) in [6.07, 6.45) is 1.98. The number of phenols is 1. The van der Waals surface area contributed by atoms with Crippen LogP contribution < -0.4 is 10.1 Å². The lowest BCUT2D eigenvalue weighted by Gasteiger charge is -2.34. The van der Waals surface area contributed by atoms with Gasteiger partial charge in [0.15, 0.2) is 17.3 Å². The Hall–Kier alpha value is -2.28. The Morgan fingerprint density at radius 1 is 1.29 bits per heavy atom. The standard InChI is InChI=1S/C21H24BrNO5/c1-4-27-16-10-12(9-13(22)20(16)25)18-17(21(26)28-5-2)11(3)23-14-7-6-8-15(24)19(14)18/h9-10,18,23,25H,4-8H2,1-3H3/t18-/m1/s1. The predicted octanol–water partition coefficient (Wildman–Crippen LogP) is 4.08. The third-order valence-electron chi connectivity index (χ3n) is 4.96. The highest BCUT2D eigenvalue weighted by Crippen LogP contribution is 2.46. The maximum Gasteiger partial charge on any atom is 0.336 e. The molecule has 6 nitrogen and oxygen atoms in total. The number of phenolic OH excluding ortho intramolecular Hbond substituents is 1. The SMILES string of the molecule is CCOC(=O)C1=C(C)NC2=C(C(=O)CCC2)[C@@H]1c1cc(Br)c(O)c(OCC)c1. The van der Waals surface area contributed by atoms with Gasteiger partial charge in [0.05, 0.1) is 23.3 Å². The highest BCUT2D eigenvalue weighted by atomic mass is 79.9. The Bertz CT molecular complexity index is 887. The Kier molecular flexibility index (Phi) is 6.13. The number of aromatic hydroxyl groups is 1. The average molecular weight is 450 g/mol. The number of rotatable bonds is 5. The van der Waals surface area contributed by atoms with Crippen molar-refractivity contribution in [2.45, 2.75) is 46.0 Å². The number of hydrogen-bond donors (Lipinski definition) is 2. The molecule has 150 valence electrons. The lowest BCUT2D eigenvalue weighted by Crippen LogP contribution is -2.34. The van der Waals surface area contributed by atoms with E-state index in [0.717, 1.165) is 18.5 Å². The van der Waals surface area contributed by atoms with E-state index in [1.807, 2.05) is 13.8 Å². The second kappa shape index (κ2) is 8.39. The first kappa shape index (κ1) is 20.5. The minimum atomic E-state index is -0.570. The lowest BCUT2D eigenvalue weighted by atomic mass is 9.75. The zero-order valence-corrected chi connectivity index (χ0v) is 17.8. The molecule has 7 heteroatoms. The molecule has 1 heterocycles. The average Bonchev–Trinajstić information content (AvgIpc) is 2.64. The third kappa shape index (κ3) is 3.68. The van der Waals surface area contributed by atoms with Crippen molar-refractivity contribution in [1.82, 2.24) is 5.32 Å². The number of halogens is 1. The fraction of sp³-hybridized carbons (Fsp3) is 0.429. The quantitative estimate of drug-likeness (QED) is 0.658. The lowest BCUT2D eigenvalue weighted by molar-refractivity contribution is -0.138. The molecule has 0 unspecified atom stereocenters. The first-order valence-electron chi connectivity index (χ1n) is 9.45. The molecule has 1 aromatic rings. The Labute approximate surface area is 172 Å². The summed E-state index contributed by atoms with van der Waals surface area (Å²) in [5.74, 6) is -0.710. The van der Waals surface area contributed by atoms with E-state index in [1.54, 1.807) is 19.1 Å². The van der Waals surface area contributed by atoms with Crippen LogP contribution in [-0.2, 0) is 14.3 Å². The van der Waals surface area contributed by atoms with Gasteiger partial charge in [0, 0.05) is 29.3 Å². The number of hydrogen-bond acceptors (Lipinski definition) is 6. The van der Waals surface area contributed by atoms with Gasteiger partial charge >= 0.3 is 5.97 Å². The molecule has 0 saturated carbocycles. The van der Waals surface area contributed by atoms with Gasteiger partial charge in [0.2, 0.25) is 0 Å². The monoisotopic (exact) mass is 449 g/mol. The van der Waals surface area contributed by atoms with Crippen molar-refractivity contribution in [3.8, 4) is 11.5 Å². The second-order valence-corrected chi connectivity index (χ2v) is 7.62. The topological polar surface area (TPSA) is 84.9 Å². The van der Waals surface area contributed by atoms with Gasteiger partial charge < -0.3 is 19.9 Å². The number of carbonyl (C=O) groups excluding carboxylic acids is 2. The molecule has 2 aliphatic rings. The van der Waals surface area contributed by atoms with Crippen LogP contribution in [0, 0.1) is 0 Å². The minimum absolute atomic E-state index is 0.0119. The molecule has 0 aromatic heterocycles. The molecular weight excluding hydrogens is 426 g/mol. The van der Waals surface area contributed by atoms with Gasteiger partial charge in [0.1, 0.15) is 0 Å². The Morgan fingerprint density at radius 3 is 2.71 bits per heavy atom. The van der Waals surface area contributed by atoms with Crippen LogP contribution in [0.15, 0.2) is 39.1 Å². The molecule has 1 aliphatic heterocycles. The number of ether oxygens (including phenoxy) is 2. The largest absolute Gasteiger partial charge is 0.503 e. The summed E-state index contributed by atoms with van der Waals surface area (Å²) in [6.45, 7) is 6.01. The highest BCUT2D eigenvalue weighted by molar-refractivity contribution is 9.10. The number of allylic oxidation sites excluding steroid dienone is 3. The van der Waals surface area contributed by atoms with E-state index in [9.17, 15) is 14.7 Å². The molecule has 1 aromatic carbocycles. The molecule has 1 atom stereocenters. The van der Waals surface area contributed by atoms with Crippen LogP contribution in [-0.4, -0.2) is 30.1 Å². The Balaban J connectivity index is 2.21. The van der Waals surface area contributed by atoms with E-state index in [4.69, 9.17) is 9.47 Å². The molecule has 0 radical (unpaired) electrons. The number of ketones is 1. The maximum atomic E-state index is 12.8. The van der Waals surface area contributed by atoms with Gasteiger partial charge in [-0.25, -0.2) is 4.79 Å². The number of benzene rings is 1. The van der Waals surface area contributed by atoms with E-state index in [1.165, 1.54) is 0 Å². The molecule has 0 amide bonds. The normalized spacial score (nSPS) is 19.3. The zero-order valence-electron chi connectivity index (χ0n) is 16.2. The first-order chi connectivity index (χ1) is 13.4. The van der Waals surface area contributed by atoms with E-state index in [0.29, 0.717) is 45.7 Å². The summed E-state index contributed by atoms with van der Waals surface area (Å²) >= 11 is 3.36. The number of Topliss-reactive ketones (excluding diaryl/α,β-unsaturated/α-hetero) is 1. The van der Waals surface area contributed by atoms with Crippen LogP contribution in [0.3, 0.4) is 0 Å². The molecule has 2 N–H and O–H groups in total. The summed E-state index contributed by atoms with van der Waals surface area (Å²) in [5.41, 5.74) is 3.24. The van der Waals surface area contributed by atoms with E-state index in [2.05, 4.69) is 21.2 Å². The first-order valence-corrected chi connectivity index (χ1v) is 10.2. The number of nitrogens with one attached hydrogen (secondary N) is 1. The van der Waals surface area contributed by atoms with E-state index >= 15 is 0 Å². The number of carbonyl (C=O) groups is 2. The Morgan fingerprint density at radius 2 is 2.04 bits per heavy atom. The molecule has 28 heavy (non-hydrogen) atoms. The second-order valence-electron chi connectivity index (χ2n) is 6.77. The van der Waals surface area contributed by atoms with Gasteiger partial charge in [-0.2, -0.15) is 0 Å². The maximum absolute atomic E-state index is 12.8. The van der Waals surface area contributed by atoms with Crippen LogP contribution in [0.4, 0.5) is 0 Å². The van der Waals surface area contributed by atoms with E-state index in [-0.39, 0.29) is 18.1 Å². The molecule has 0 saturated heterocycles. The van der Waals surface area contributed by atoms with Gasteiger partial charge in [-0.3, -0.25) is 4.79 Å². The van der Waals surface area contributed by atoms with Crippen molar-refractivity contribution in [2.24, 2.45) is 0 Å². The van der Waals surface area contributed by atoms with Crippen LogP contribution >= 0.6 is 15.9 Å². The summed E-state index contributed by atoms with van der Waals surface area (Å²) in [5, 5.41) is 13.5. The van der Waals surface area contributed by atoms with Gasteiger partial charge in [-0.05, 0) is 67.2 Å². The van der Waals surface area contributed by atoms with Crippen LogP contribution in [0.1, 0.15) is 51.5 Å². The van der Waals surface area contributed by atoms with Crippen molar-refractivity contribution in [1.29, 1.82) is 0 Å². The fourth-order valence-electron chi connectivity index (χ4n) is 3.82. The molecular formula is C21H24BrNO5. The van der Waals surface area contributed by atoms with Crippen molar-refractivity contribution < 1.29 is 24.2 Å². The number of esters is 1. The van der Waals surface area contributed by atoms with Crippen molar-refractivity contribution in [3.63, 3.8) is 0 Å². The van der Waals surface area contributed by atoms with E-state index < -0.39 is 11.9 Å². The summed E-state index contributed by atoms with van der Waals surface area (Å²) in [6, 6.07) is 3.42. The zero-order chi connectivity index (χ0) is 20.4. The van der Waals surface area contributed by atoms with Gasteiger partial charge in [0.25, 0.3) is 0 Å². The minimum Gasteiger partial charge on any atom is -0.503 e. The smallest absolute Gasteiger partial charge is 0.336 e. The highest BCUT2D eigenvalue weighted by Gasteiger charge is 2.39. The van der Waals surface area contributed by atoms with Crippen molar-refractivity contribution >= 4 is 27.7 Å². The molecule has 0 spiro atoms. The van der Waals surface area contributed by atoms with Gasteiger partial charge in [-0.15, -0.1) is 0 Å². The molecule has 0 bridgehead atoms. The molecule has 0 fully saturated rings. The molecule has 1 aliphatic carbocycles. The summed E-state index contributed by atoms with van der Waals surface area (Å²) < 4.78 is 11.3. The predicted molar refractivity (Wildman–Crippen MR) is 108 cm³/mol. The van der Waals surface area contributed by atoms with Crippen LogP contribution in [0.25, 0.3) is 0 Å². The van der Waals surface area contributed by atoms with Gasteiger partial charge in [-0.1, -0.05) is 0 Å². The van der Waals surface area contributed by atoms with Crippen molar-refractivity contribution in [2.75, 3.05) is 13.2 Å².